The molecule has 0 bridgehead atoms. The number of aromatic nitrogens is 1. The van der Waals surface area contributed by atoms with Gasteiger partial charge in [-0.1, -0.05) is 27.7 Å². The third kappa shape index (κ3) is 3.73. The van der Waals surface area contributed by atoms with Gasteiger partial charge in [0.15, 0.2) is 0 Å². The zero-order valence-corrected chi connectivity index (χ0v) is 10.4. The predicted molar refractivity (Wildman–Crippen MR) is 59.7 cm³/mol. The summed E-state index contributed by atoms with van der Waals surface area (Å²) in [6.45, 7) is 3.92. The number of aryl methyl sites for hydroxylation is 2. The van der Waals surface area contributed by atoms with Crippen molar-refractivity contribution in [1.29, 1.82) is 0 Å². The van der Waals surface area contributed by atoms with Gasteiger partial charge in [-0.05, 0) is 26.7 Å². The number of nitrogens with zero attached hydrogens (tertiary/aromatic N) is 1. The lowest BCUT2D eigenvalue weighted by Crippen LogP contribution is -1.81. The molecule has 0 unspecified atom stereocenters. The molecule has 1 rings (SSSR count). The van der Waals surface area contributed by atoms with E-state index in [-0.39, 0.29) is 0 Å². The van der Waals surface area contributed by atoms with E-state index in [0.717, 1.165) is 27.8 Å². The highest BCUT2D eigenvalue weighted by molar-refractivity contribution is 9.09. The summed E-state index contributed by atoms with van der Waals surface area (Å²) in [4.78, 5) is 4.29. The minimum absolute atomic E-state index is 0.810. The van der Waals surface area contributed by atoms with E-state index in [1.54, 1.807) is 11.8 Å². The second-order valence-electron chi connectivity index (χ2n) is 2.87. The lowest BCUT2D eigenvalue weighted by atomic mass is 10.4. The van der Waals surface area contributed by atoms with Crippen molar-refractivity contribution in [3.05, 3.63) is 11.5 Å². The van der Waals surface area contributed by atoms with Crippen LogP contribution in [0, 0.1) is 13.8 Å². The molecule has 0 radical (unpaired) electrons. The Hall–Kier alpha value is 0.0400. The first-order valence-electron chi connectivity index (χ1n) is 4.37. The Morgan fingerprint density at radius 2 is 2.15 bits per heavy atom. The molecule has 13 heavy (non-hydrogen) atoms. The zero-order valence-electron chi connectivity index (χ0n) is 7.97. The highest BCUT2D eigenvalue weighted by Crippen LogP contribution is 2.21. The van der Waals surface area contributed by atoms with Crippen molar-refractivity contribution in [1.82, 2.24) is 4.98 Å². The maximum Gasteiger partial charge on any atom is 0.256 e. The first kappa shape index (κ1) is 11.1. The summed E-state index contributed by atoms with van der Waals surface area (Å²) in [5, 5.41) is 1.89. The molecule has 74 valence electrons. The van der Waals surface area contributed by atoms with Crippen molar-refractivity contribution in [3.63, 3.8) is 0 Å². The van der Waals surface area contributed by atoms with Crippen LogP contribution in [0.4, 0.5) is 0 Å². The second-order valence-corrected chi connectivity index (χ2v) is 4.71. The van der Waals surface area contributed by atoms with Crippen LogP contribution in [0.3, 0.4) is 0 Å². The largest absolute Gasteiger partial charge is 0.437 e. The van der Waals surface area contributed by atoms with E-state index < -0.39 is 0 Å². The molecule has 0 saturated carbocycles. The third-order valence-corrected chi connectivity index (χ3v) is 3.24. The van der Waals surface area contributed by atoms with E-state index in [4.69, 9.17) is 4.42 Å². The van der Waals surface area contributed by atoms with Crippen LogP contribution < -0.4 is 0 Å². The number of rotatable bonds is 5. The van der Waals surface area contributed by atoms with Crippen LogP contribution in [-0.4, -0.2) is 16.1 Å². The van der Waals surface area contributed by atoms with Gasteiger partial charge < -0.3 is 4.42 Å². The Labute approximate surface area is 91.6 Å². The van der Waals surface area contributed by atoms with Crippen molar-refractivity contribution in [3.8, 4) is 0 Å². The van der Waals surface area contributed by atoms with Crippen molar-refractivity contribution in [2.45, 2.75) is 31.9 Å². The molecule has 0 amide bonds. The molecule has 0 aliphatic rings. The fourth-order valence-corrected chi connectivity index (χ4v) is 2.17. The lowest BCUT2D eigenvalue weighted by Gasteiger charge is -1.94. The summed E-state index contributed by atoms with van der Waals surface area (Å²) in [7, 11) is 0. The van der Waals surface area contributed by atoms with Gasteiger partial charge in [0.2, 0.25) is 0 Å². The number of halogens is 1. The minimum atomic E-state index is 0.810. The monoisotopic (exact) mass is 263 g/mol. The molecule has 0 aromatic carbocycles. The van der Waals surface area contributed by atoms with E-state index in [0.29, 0.717) is 0 Å². The van der Waals surface area contributed by atoms with E-state index in [1.807, 2.05) is 13.8 Å². The minimum Gasteiger partial charge on any atom is -0.437 e. The summed E-state index contributed by atoms with van der Waals surface area (Å²) in [5.74, 6) is 2.02. The summed E-state index contributed by atoms with van der Waals surface area (Å²) < 4.78 is 5.43. The Morgan fingerprint density at radius 3 is 2.69 bits per heavy atom. The third-order valence-electron chi connectivity index (χ3n) is 1.76. The molecule has 1 aromatic heterocycles. The first-order valence-corrected chi connectivity index (χ1v) is 6.47. The van der Waals surface area contributed by atoms with Crippen LogP contribution in [-0.2, 0) is 0 Å². The van der Waals surface area contributed by atoms with Crippen LogP contribution in [0.5, 0.6) is 0 Å². The number of unbranched alkanes of at least 4 members (excludes halogenated alkanes) is 1. The van der Waals surface area contributed by atoms with Crippen LogP contribution in [0.2, 0.25) is 0 Å². The molecule has 0 saturated heterocycles. The second kappa shape index (κ2) is 5.70. The molecule has 0 aliphatic heterocycles. The van der Waals surface area contributed by atoms with Crippen molar-refractivity contribution in [2.24, 2.45) is 0 Å². The van der Waals surface area contributed by atoms with Crippen LogP contribution in [0.25, 0.3) is 0 Å². The van der Waals surface area contributed by atoms with Gasteiger partial charge in [-0.25, -0.2) is 4.98 Å². The topological polar surface area (TPSA) is 26.0 Å². The van der Waals surface area contributed by atoms with Crippen molar-refractivity contribution in [2.75, 3.05) is 11.1 Å². The quantitative estimate of drug-likeness (QED) is 0.462. The fraction of sp³-hybridized carbons (Fsp3) is 0.667. The molecular formula is C9H14BrNOS. The SMILES string of the molecule is Cc1nc(SCCCCBr)oc1C. The van der Waals surface area contributed by atoms with Gasteiger partial charge in [-0.3, -0.25) is 0 Å². The van der Waals surface area contributed by atoms with Crippen molar-refractivity contribution < 1.29 is 4.42 Å². The highest BCUT2D eigenvalue weighted by atomic mass is 79.9. The van der Waals surface area contributed by atoms with E-state index in [9.17, 15) is 0 Å². The normalized spacial score (nSPS) is 10.7. The molecule has 0 aliphatic carbocycles. The van der Waals surface area contributed by atoms with Gasteiger partial charge in [0.25, 0.3) is 5.22 Å². The Bertz CT molecular complexity index is 243. The van der Waals surface area contributed by atoms with Gasteiger partial charge in [-0.2, -0.15) is 0 Å². The lowest BCUT2D eigenvalue weighted by molar-refractivity contribution is 0.431. The molecule has 2 nitrogen and oxygen atoms in total. The standard InChI is InChI=1S/C9H14BrNOS/c1-7-8(2)12-9(11-7)13-6-4-3-5-10/h3-6H2,1-2H3. The van der Waals surface area contributed by atoms with Gasteiger partial charge >= 0.3 is 0 Å². The Balaban J connectivity index is 2.29. The maximum absolute atomic E-state index is 5.43. The number of alkyl halides is 1. The van der Waals surface area contributed by atoms with Crippen LogP contribution in [0.15, 0.2) is 9.64 Å². The number of oxazole rings is 1. The number of hydrogen-bond donors (Lipinski definition) is 0. The molecule has 0 atom stereocenters. The molecule has 4 heteroatoms. The zero-order chi connectivity index (χ0) is 9.68. The average molecular weight is 264 g/mol. The number of thioether (sulfide) groups is 1. The van der Waals surface area contributed by atoms with Gasteiger partial charge in [0.1, 0.15) is 5.76 Å². The van der Waals surface area contributed by atoms with Gasteiger partial charge in [-0.15, -0.1) is 0 Å². The molecule has 0 N–H and O–H groups in total. The summed E-state index contributed by atoms with van der Waals surface area (Å²) in [5.41, 5.74) is 1.00. The molecular weight excluding hydrogens is 250 g/mol. The van der Waals surface area contributed by atoms with E-state index in [1.165, 1.54) is 12.8 Å². The first-order chi connectivity index (χ1) is 6.24. The molecule has 0 fully saturated rings. The highest BCUT2D eigenvalue weighted by Gasteiger charge is 2.04. The van der Waals surface area contributed by atoms with Crippen LogP contribution in [0.1, 0.15) is 24.3 Å². The predicted octanol–water partition coefficient (Wildman–Crippen LogP) is 3.56. The Morgan fingerprint density at radius 1 is 1.38 bits per heavy atom. The van der Waals surface area contributed by atoms with Crippen LogP contribution >= 0.6 is 27.7 Å². The van der Waals surface area contributed by atoms with E-state index in [2.05, 4.69) is 20.9 Å². The smallest absolute Gasteiger partial charge is 0.256 e. The van der Waals surface area contributed by atoms with Gasteiger partial charge in [0, 0.05) is 11.1 Å². The molecule has 0 spiro atoms. The summed E-state index contributed by atoms with van der Waals surface area (Å²) in [6.07, 6.45) is 2.42. The molecule has 1 aromatic rings. The maximum atomic E-state index is 5.43. The van der Waals surface area contributed by atoms with Crippen molar-refractivity contribution >= 4 is 27.7 Å². The summed E-state index contributed by atoms with van der Waals surface area (Å²) in [6, 6.07) is 0. The van der Waals surface area contributed by atoms with Gasteiger partial charge in [0.05, 0.1) is 5.69 Å². The van der Waals surface area contributed by atoms with E-state index >= 15 is 0 Å². The Kier molecular flexibility index (Phi) is 4.88. The fourth-order valence-electron chi connectivity index (χ4n) is 0.861. The average Bonchev–Trinajstić information content (AvgIpc) is 2.41. The molecule has 1 heterocycles. The summed E-state index contributed by atoms with van der Waals surface area (Å²) >= 11 is 5.10. The number of hydrogen-bond acceptors (Lipinski definition) is 3.